The molecule has 1 amide bonds. The van der Waals surface area contributed by atoms with Gasteiger partial charge in [-0.3, -0.25) is 24.5 Å². The third-order valence-corrected chi connectivity index (χ3v) is 5.90. The molecule has 0 saturated heterocycles. The number of Topliss-reactive ketones (excluding diaryl/α,β-unsaturated/α-hetero) is 1. The number of benzene rings is 1. The molecule has 182 valence electrons. The zero-order chi connectivity index (χ0) is 24.4. The number of amides is 1. The van der Waals surface area contributed by atoms with Crippen molar-refractivity contribution in [1.29, 1.82) is 0 Å². The molecule has 33 heavy (non-hydrogen) atoms. The second-order valence-electron chi connectivity index (χ2n) is 8.44. The predicted octanol–water partition coefficient (Wildman–Crippen LogP) is 4.38. The van der Waals surface area contributed by atoms with Crippen molar-refractivity contribution in [2.24, 2.45) is 0 Å². The maximum absolute atomic E-state index is 12.9. The summed E-state index contributed by atoms with van der Waals surface area (Å²) in [6.07, 6.45) is 6.71. The largest absolute Gasteiger partial charge is 0.487 e. The van der Waals surface area contributed by atoms with Crippen molar-refractivity contribution in [3.63, 3.8) is 0 Å². The van der Waals surface area contributed by atoms with E-state index in [0.717, 1.165) is 25.7 Å². The second-order valence-corrected chi connectivity index (χ2v) is 8.44. The van der Waals surface area contributed by atoms with Gasteiger partial charge in [0.2, 0.25) is 5.91 Å². The summed E-state index contributed by atoms with van der Waals surface area (Å²) in [5.74, 6) is -0.658. The van der Waals surface area contributed by atoms with Crippen LogP contribution < -0.4 is 4.74 Å². The Morgan fingerprint density at radius 3 is 2.39 bits per heavy atom. The van der Waals surface area contributed by atoms with Crippen LogP contribution in [0.1, 0.15) is 81.1 Å². The number of carbonyl (C=O) groups excluding carboxylic acids is 3. The lowest BCUT2D eigenvalue weighted by Crippen LogP contribution is -2.43. The average Bonchev–Trinajstić information content (AvgIpc) is 2.77. The number of carbonyl (C=O) groups is 3. The highest BCUT2D eigenvalue weighted by Gasteiger charge is 2.27. The van der Waals surface area contributed by atoms with Gasteiger partial charge in [0.15, 0.2) is 11.5 Å². The third-order valence-electron chi connectivity index (χ3n) is 5.90. The van der Waals surface area contributed by atoms with Gasteiger partial charge >= 0.3 is 11.7 Å². The van der Waals surface area contributed by atoms with Gasteiger partial charge < -0.3 is 14.4 Å². The van der Waals surface area contributed by atoms with Crippen LogP contribution >= 0.6 is 0 Å². The highest BCUT2D eigenvalue weighted by atomic mass is 16.6. The predicted molar refractivity (Wildman–Crippen MR) is 122 cm³/mol. The van der Waals surface area contributed by atoms with Crippen LogP contribution in [0.25, 0.3) is 0 Å². The van der Waals surface area contributed by atoms with Gasteiger partial charge in [0.05, 0.1) is 18.1 Å². The molecule has 1 fully saturated rings. The van der Waals surface area contributed by atoms with Gasteiger partial charge in [0.1, 0.15) is 12.2 Å². The summed E-state index contributed by atoms with van der Waals surface area (Å²) in [4.78, 5) is 48.6. The van der Waals surface area contributed by atoms with E-state index in [1.807, 2.05) is 4.90 Å². The fourth-order valence-electron chi connectivity index (χ4n) is 4.31. The number of hydrogen-bond donors (Lipinski definition) is 0. The van der Waals surface area contributed by atoms with E-state index in [0.29, 0.717) is 31.4 Å². The fourth-order valence-corrected chi connectivity index (χ4v) is 4.31. The minimum atomic E-state index is -0.590. The van der Waals surface area contributed by atoms with Crippen molar-refractivity contribution in [1.82, 2.24) is 4.90 Å². The van der Waals surface area contributed by atoms with Gasteiger partial charge in [-0.05, 0) is 51.2 Å². The molecule has 1 saturated carbocycles. The molecule has 0 N–H and O–H groups in total. The normalized spacial score (nSPS) is 13.9. The minimum Gasteiger partial charge on any atom is -0.487 e. The molecule has 9 nitrogen and oxygen atoms in total. The summed E-state index contributed by atoms with van der Waals surface area (Å²) in [6, 6.07) is 3.32. The summed E-state index contributed by atoms with van der Waals surface area (Å²) in [5.41, 5.74) is 0.278. The van der Waals surface area contributed by atoms with Crippen LogP contribution in [0.15, 0.2) is 12.1 Å². The number of esters is 1. The number of nitro groups is 1. The van der Waals surface area contributed by atoms with Crippen molar-refractivity contribution in [3.05, 3.63) is 33.4 Å². The monoisotopic (exact) mass is 462 g/mol. The number of unbranched alkanes of at least 4 members (excludes halogenated alkanes) is 1. The second kappa shape index (κ2) is 12.9. The third kappa shape index (κ3) is 7.83. The van der Waals surface area contributed by atoms with Gasteiger partial charge in [0, 0.05) is 19.4 Å². The number of rotatable bonds is 12. The van der Waals surface area contributed by atoms with E-state index < -0.39 is 4.92 Å². The number of ketones is 1. The number of ether oxygens (including phenoxy) is 2. The first-order valence-corrected chi connectivity index (χ1v) is 11.6. The van der Waals surface area contributed by atoms with Crippen LogP contribution in [-0.2, 0) is 14.3 Å². The summed E-state index contributed by atoms with van der Waals surface area (Å²) in [5, 5.41) is 11.5. The topological polar surface area (TPSA) is 116 Å². The van der Waals surface area contributed by atoms with Crippen molar-refractivity contribution < 1.29 is 28.8 Å². The molecule has 9 heteroatoms. The molecule has 0 spiro atoms. The Labute approximate surface area is 194 Å². The van der Waals surface area contributed by atoms with Crippen LogP contribution in [-0.4, -0.2) is 53.3 Å². The Bertz CT molecular complexity index is 863. The molecule has 0 unspecified atom stereocenters. The van der Waals surface area contributed by atoms with Crippen molar-refractivity contribution in [3.8, 4) is 5.75 Å². The summed E-state index contributed by atoms with van der Waals surface area (Å²) >= 11 is 0. The first kappa shape index (κ1) is 26.3. The SMILES string of the molecule is CC(=O)OCCN(C(=O)CCCCOc1ccc(C)c(C(C)=O)c1[N+](=O)[O-])C1CCCCC1. The van der Waals surface area contributed by atoms with Crippen LogP contribution in [0.3, 0.4) is 0 Å². The van der Waals surface area contributed by atoms with Crippen molar-refractivity contribution in [2.45, 2.75) is 78.2 Å². The molecule has 0 atom stereocenters. The first-order chi connectivity index (χ1) is 15.7. The van der Waals surface area contributed by atoms with Gasteiger partial charge in [0.25, 0.3) is 0 Å². The van der Waals surface area contributed by atoms with E-state index in [1.54, 1.807) is 13.0 Å². The lowest BCUT2D eigenvalue weighted by molar-refractivity contribution is -0.386. The minimum absolute atomic E-state index is 0.0224. The molecule has 1 aliphatic rings. The fraction of sp³-hybridized carbons (Fsp3) is 0.625. The smallest absolute Gasteiger partial charge is 0.321 e. The Morgan fingerprint density at radius 1 is 1.09 bits per heavy atom. The van der Waals surface area contributed by atoms with E-state index in [1.165, 1.54) is 26.3 Å². The highest BCUT2D eigenvalue weighted by molar-refractivity contribution is 6.00. The average molecular weight is 463 g/mol. The van der Waals surface area contributed by atoms with E-state index in [2.05, 4.69) is 0 Å². The van der Waals surface area contributed by atoms with Crippen molar-refractivity contribution in [2.75, 3.05) is 19.8 Å². The van der Waals surface area contributed by atoms with Crippen LogP contribution in [0.5, 0.6) is 5.75 Å². The van der Waals surface area contributed by atoms with E-state index in [-0.39, 0.29) is 53.9 Å². The Hall–Kier alpha value is -2.97. The Balaban J connectivity index is 1.90. The van der Waals surface area contributed by atoms with Crippen molar-refractivity contribution >= 4 is 23.3 Å². The molecule has 0 heterocycles. The Morgan fingerprint density at radius 2 is 1.79 bits per heavy atom. The quantitative estimate of drug-likeness (QED) is 0.149. The number of hydrogen-bond acceptors (Lipinski definition) is 7. The van der Waals surface area contributed by atoms with E-state index >= 15 is 0 Å². The van der Waals surface area contributed by atoms with Crippen LogP contribution in [0.2, 0.25) is 0 Å². The van der Waals surface area contributed by atoms with Crippen LogP contribution in [0.4, 0.5) is 5.69 Å². The first-order valence-electron chi connectivity index (χ1n) is 11.6. The van der Waals surface area contributed by atoms with Gasteiger partial charge in [-0.1, -0.05) is 25.3 Å². The summed E-state index contributed by atoms with van der Waals surface area (Å²) in [6.45, 7) is 5.08. The maximum atomic E-state index is 12.9. The zero-order valence-corrected chi connectivity index (χ0v) is 19.8. The molecule has 0 aliphatic heterocycles. The van der Waals surface area contributed by atoms with E-state index in [9.17, 15) is 24.5 Å². The summed E-state index contributed by atoms with van der Waals surface area (Å²) < 4.78 is 10.7. The number of nitro benzene ring substituents is 1. The number of aryl methyl sites for hydroxylation is 1. The lowest BCUT2D eigenvalue weighted by Gasteiger charge is -2.34. The molecule has 1 aromatic rings. The number of nitrogens with zero attached hydrogens (tertiary/aromatic N) is 2. The van der Waals surface area contributed by atoms with Crippen LogP contribution in [0, 0.1) is 17.0 Å². The maximum Gasteiger partial charge on any atom is 0.321 e. The zero-order valence-electron chi connectivity index (χ0n) is 19.8. The lowest BCUT2D eigenvalue weighted by atomic mass is 9.94. The molecule has 1 aromatic carbocycles. The molecule has 2 rings (SSSR count). The molecular weight excluding hydrogens is 428 g/mol. The molecule has 0 bridgehead atoms. The summed E-state index contributed by atoms with van der Waals surface area (Å²) in [7, 11) is 0. The standard InChI is InChI=1S/C24H34N2O7/c1-17-12-13-21(24(26(30)31)23(17)18(2)27)33-15-8-7-11-22(29)25(14-16-32-19(3)28)20-9-5-4-6-10-20/h12-13,20H,4-11,14-16H2,1-3H3. The Kier molecular flexibility index (Phi) is 10.3. The molecule has 0 radical (unpaired) electrons. The van der Waals surface area contributed by atoms with Gasteiger partial charge in [-0.25, -0.2) is 0 Å². The van der Waals surface area contributed by atoms with E-state index in [4.69, 9.17) is 9.47 Å². The van der Waals surface area contributed by atoms with Gasteiger partial charge in [-0.15, -0.1) is 0 Å². The molecule has 0 aromatic heterocycles. The molecule has 1 aliphatic carbocycles. The van der Waals surface area contributed by atoms with Gasteiger partial charge in [-0.2, -0.15) is 0 Å². The highest BCUT2D eigenvalue weighted by Crippen LogP contribution is 2.33. The molecular formula is C24H34N2O7.